The monoisotopic (exact) mass is 457 g/mol. The van der Waals surface area contributed by atoms with Crippen molar-refractivity contribution in [2.75, 3.05) is 4.90 Å². The molecule has 5 rings (SSSR count). The van der Waals surface area contributed by atoms with Crippen LogP contribution in [-0.4, -0.2) is 22.4 Å². The molecule has 0 bridgehead atoms. The van der Waals surface area contributed by atoms with Gasteiger partial charge in [-0.3, -0.25) is 9.59 Å². The van der Waals surface area contributed by atoms with Crippen molar-refractivity contribution in [2.45, 2.75) is 37.9 Å². The van der Waals surface area contributed by atoms with Gasteiger partial charge in [0.1, 0.15) is 16.8 Å². The molecule has 3 aromatic rings. The molecule has 1 aliphatic carbocycles. The molecule has 32 heavy (non-hydrogen) atoms. The van der Waals surface area contributed by atoms with Crippen LogP contribution in [0.15, 0.2) is 41.9 Å². The number of benzene rings is 2. The minimum absolute atomic E-state index is 0.0451. The highest BCUT2D eigenvalue weighted by atomic mass is 32.1. The lowest BCUT2D eigenvalue weighted by molar-refractivity contribution is -0.138. The number of anilines is 1. The highest BCUT2D eigenvalue weighted by Crippen LogP contribution is 2.45. The zero-order valence-electron chi connectivity index (χ0n) is 16.8. The van der Waals surface area contributed by atoms with E-state index in [1.165, 1.54) is 22.3 Å². The Morgan fingerprint density at radius 3 is 2.62 bits per heavy atom. The summed E-state index contributed by atoms with van der Waals surface area (Å²) in [6, 6.07) is 9.41. The quantitative estimate of drug-likeness (QED) is 0.477. The molecule has 2 aliphatic rings. The molecule has 9 heteroatoms. The highest BCUT2D eigenvalue weighted by Gasteiger charge is 2.41. The molecule has 0 unspecified atom stereocenters. The number of carbonyl (C=O) groups is 2. The molecule has 1 saturated carbocycles. The second-order valence-electron chi connectivity index (χ2n) is 8.14. The Balaban J connectivity index is 1.53. The van der Waals surface area contributed by atoms with E-state index in [1.807, 2.05) is 18.2 Å². The van der Waals surface area contributed by atoms with Gasteiger partial charge in [0.15, 0.2) is 0 Å². The van der Waals surface area contributed by atoms with E-state index in [9.17, 15) is 22.8 Å². The topological polar surface area (TPSA) is 63.2 Å². The summed E-state index contributed by atoms with van der Waals surface area (Å²) < 4.78 is 40.9. The van der Waals surface area contributed by atoms with Gasteiger partial charge < -0.3 is 4.90 Å². The number of hydrogen-bond donors (Lipinski definition) is 0. The van der Waals surface area contributed by atoms with Crippen LogP contribution < -0.4 is 4.90 Å². The van der Waals surface area contributed by atoms with Crippen LogP contribution in [-0.2, 0) is 12.7 Å². The van der Waals surface area contributed by atoms with Crippen molar-refractivity contribution in [3.63, 3.8) is 0 Å². The molecule has 2 heterocycles. The summed E-state index contributed by atoms with van der Waals surface area (Å²) >= 11 is 1.48. The fourth-order valence-electron chi connectivity index (χ4n) is 4.55. The molecule has 164 valence electrons. The molecule has 1 aliphatic heterocycles. The molecular formula is C23H18F3N3O2S. The molecular weight excluding hydrogens is 439 g/mol. The van der Waals surface area contributed by atoms with Crippen LogP contribution in [0.3, 0.4) is 0 Å². The van der Waals surface area contributed by atoms with Gasteiger partial charge in [-0.1, -0.05) is 18.6 Å². The predicted molar refractivity (Wildman–Crippen MR) is 113 cm³/mol. The molecule has 1 fully saturated rings. The fraction of sp³-hybridized carbons (Fsp3) is 0.304. The molecule has 0 saturated heterocycles. The minimum atomic E-state index is -4.66. The first-order valence-corrected chi connectivity index (χ1v) is 11.1. The third-order valence-electron chi connectivity index (χ3n) is 6.31. The summed E-state index contributed by atoms with van der Waals surface area (Å²) in [5.41, 5.74) is 1.90. The Morgan fingerprint density at radius 2 is 2.00 bits per heavy atom. The maximum Gasteiger partial charge on any atom is 0.416 e. The van der Waals surface area contributed by atoms with Crippen molar-refractivity contribution in [1.29, 1.82) is 0 Å². The number of halogens is 3. The van der Waals surface area contributed by atoms with Crippen LogP contribution in [0, 0.1) is 5.92 Å². The van der Waals surface area contributed by atoms with Crippen molar-refractivity contribution in [2.24, 2.45) is 5.92 Å². The van der Waals surface area contributed by atoms with Crippen LogP contribution in [0.4, 0.5) is 18.9 Å². The van der Waals surface area contributed by atoms with Crippen LogP contribution in [0.5, 0.6) is 0 Å². The minimum Gasteiger partial charge on any atom is -0.304 e. The molecule has 1 atom stereocenters. The van der Waals surface area contributed by atoms with E-state index in [1.54, 1.807) is 11.6 Å². The van der Waals surface area contributed by atoms with Crippen LogP contribution >= 0.6 is 11.3 Å². The summed E-state index contributed by atoms with van der Waals surface area (Å²) in [6.45, 7) is -0.196. The SMILES string of the molecule is O=Cc1cc2c(c(C(F)(F)F)c1)CN(c1cccc([C@H](c3nncs3)C3CCC3)c1)C2=O. The average Bonchev–Trinajstić information content (AvgIpc) is 3.37. The molecule has 2 aromatic carbocycles. The lowest BCUT2D eigenvalue weighted by atomic mass is 9.73. The third kappa shape index (κ3) is 3.50. The second-order valence-corrected chi connectivity index (χ2v) is 9.01. The Hall–Kier alpha value is -3.07. The zero-order valence-corrected chi connectivity index (χ0v) is 17.6. The number of aromatic nitrogens is 2. The smallest absolute Gasteiger partial charge is 0.304 e. The number of aldehydes is 1. The Labute approximate surface area is 185 Å². The van der Waals surface area contributed by atoms with Crippen molar-refractivity contribution >= 4 is 29.2 Å². The van der Waals surface area contributed by atoms with Crippen molar-refractivity contribution in [1.82, 2.24) is 10.2 Å². The maximum atomic E-state index is 13.6. The Bertz CT molecular complexity index is 1190. The van der Waals surface area contributed by atoms with Crippen molar-refractivity contribution < 1.29 is 22.8 Å². The van der Waals surface area contributed by atoms with E-state index in [0.29, 0.717) is 17.9 Å². The third-order valence-corrected chi connectivity index (χ3v) is 7.09. The number of rotatable bonds is 5. The highest BCUT2D eigenvalue weighted by molar-refractivity contribution is 7.09. The number of amides is 1. The Kier molecular flexibility index (Phi) is 5.08. The summed E-state index contributed by atoms with van der Waals surface area (Å²) in [4.78, 5) is 25.6. The molecule has 0 spiro atoms. The van der Waals surface area contributed by atoms with Crippen molar-refractivity contribution in [3.8, 4) is 0 Å². The number of hydrogen-bond acceptors (Lipinski definition) is 5. The lowest BCUT2D eigenvalue weighted by Crippen LogP contribution is -2.24. The van der Waals surface area contributed by atoms with Gasteiger partial charge in [0.25, 0.3) is 5.91 Å². The van der Waals surface area contributed by atoms with E-state index in [4.69, 9.17) is 0 Å². The Morgan fingerprint density at radius 1 is 1.19 bits per heavy atom. The van der Waals surface area contributed by atoms with Crippen LogP contribution in [0.1, 0.15) is 67.6 Å². The predicted octanol–water partition coefficient (Wildman–Crippen LogP) is 5.46. The molecule has 0 radical (unpaired) electrons. The summed E-state index contributed by atoms with van der Waals surface area (Å²) in [5, 5.41) is 9.13. The summed E-state index contributed by atoms with van der Waals surface area (Å²) in [6.07, 6.45) is -1.03. The molecule has 1 aromatic heterocycles. The van der Waals surface area contributed by atoms with Gasteiger partial charge in [0.2, 0.25) is 0 Å². The first-order valence-electron chi connectivity index (χ1n) is 10.2. The lowest BCUT2D eigenvalue weighted by Gasteiger charge is -2.33. The molecule has 0 N–H and O–H groups in total. The normalized spacial score (nSPS) is 17.2. The first-order chi connectivity index (χ1) is 15.4. The van der Waals surface area contributed by atoms with Crippen LogP contribution in [0.2, 0.25) is 0 Å². The summed E-state index contributed by atoms with van der Waals surface area (Å²) in [5.74, 6) is -0.0669. The largest absolute Gasteiger partial charge is 0.416 e. The standard InChI is InChI=1S/C23H18F3N3O2S/c24-23(25,26)19-8-13(11-30)7-17-18(19)10-29(22(17)31)16-6-2-5-15(9-16)20(14-3-1-4-14)21-28-27-12-32-21/h2,5-9,11-12,14,20H,1,3-4,10H2/t20-/m1/s1. The average molecular weight is 457 g/mol. The van der Waals surface area contributed by atoms with Gasteiger partial charge in [-0.2, -0.15) is 13.2 Å². The van der Waals surface area contributed by atoms with E-state index < -0.39 is 17.6 Å². The molecule has 1 amide bonds. The van der Waals surface area contributed by atoms with Gasteiger partial charge in [-0.05, 0) is 54.2 Å². The van der Waals surface area contributed by atoms with Gasteiger partial charge in [-0.25, -0.2) is 0 Å². The van der Waals surface area contributed by atoms with Gasteiger partial charge >= 0.3 is 6.18 Å². The first kappa shape index (κ1) is 20.8. The van der Waals surface area contributed by atoms with E-state index in [0.717, 1.165) is 35.9 Å². The number of fused-ring (bicyclic) bond motifs is 1. The second kappa shape index (κ2) is 7.81. The maximum absolute atomic E-state index is 13.6. The van der Waals surface area contributed by atoms with Crippen molar-refractivity contribution in [3.05, 3.63) is 74.7 Å². The van der Waals surface area contributed by atoms with Gasteiger partial charge in [0, 0.05) is 22.7 Å². The van der Waals surface area contributed by atoms with Gasteiger partial charge in [-0.15, -0.1) is 21.5 Å². The van der Waals surface area contributed by atoms with Gasteiger partial charge in [0.05, 0.1) is 12.1 Å². The van der Waals surface area contributed by atoms with Crippen LogP contribution in [0.25, 0.3) is 0 Å². The number of carbonyl (C=O) groups excluding carboxylic acids is 2. The fourth-order valence-corrected chi connectivity index (χ4v) is 5.32. The zero-order chi connectivity index (χ0) is 22.5. The van der Waals surface area contributed by atoms with E-state index in [-0.39, 0.29) is 29.2 Å². The number of nitrogens with zero attached hydrogens (tertiary/aromatic N) is 3. The summed E-state index contributed by atoms with van der Waals surface area (Å²) in [7, 11) is 0. The van der Waals surface area contributed by atoms with E-state index in [2.05, 4.69) is 10.2 Å². The molecule has 5 nitrogen and oxygen atoms in total. The van der Waals surface area contributed by atoms with E-state index >= 15 is 0 Å². The number of alkyl halides is 3.